The van der Waals surface area contributed by atoms with Gasteiger partial charge in [-0.05, 0) is 33.1 Å². The van der Waals surface area contributed by atoms with Crippen molar-refractivity contribution in [2.24, 2.45) is 5.92 Å². The monoisotopic (exact) mass is 476 g/mol. The van der Waals surface area contributed by atoms with E-state index >= 15 is 0 Å². The van der Waals surface area contributed by atoms with Crippen LogP contribution in [0, 0.1) is 5.92 Å². The molecule has 12 heteroatoms. The van der Waals surface area contributed by atoms with Crippen LogP contribution >= 0.6 is 0 Å². The normalized spacial score (nSPS) is 11.5. The number of hydrogen-bond donors (Lipinski definition) is 6. The standard InChI is InChI=1S/C8H12O4.C7H12O4.C6H8O4/c1-3-5(7(9)10)6(4-2)8(11)12;1-2-3-4-5(6(8)9)7(10)11;1-3(5(7)8)4(2)6(9)10/h3-4H2,1-2H3,(H,9,10)(H,11,12);5H,2-4H2,1H3,(H,8,9)(H,10,11);1-2H3,(H,7,8)(H,9,10)/b6-5-;;4-3-. The van der Waals surface area contributed by atoms with Gasteiger partial charge in [-0.25, -0.2) is 19.2 Å². The molecule has 0 bridgehead atoms. The summed E-state index contributed by atoms with van der Waals surface area (Å²) in [4.78, 5) is 61.8. The van der Waals surface area contributed by atoms with Gasteiger partial charge in [-0.1, -0.05) is 33.6 Å². The van der Waals surface area contributed by atoms with Crippen molar-refractivity contribution in [3.63, 3.8) is 0 Å². The third kappa shape index (κ3) is 14.9. The third-order valence-electron chi connectivity index (χ3n) is 4.23. The Kier molecular flexibility index (Phi) is 18.4. The molecule has 6 N–H and O–H groups in total. The maximum atomic E-state index is 10.5. The second-order valence-electron chi connectivity index (χ2n) is 6.51. The summed E-state index contributed by atoms with van der Waals surface area (Å²) in [5.41, 5.74) is -0.282. The number of unbranched alkanes of at least 4 members (excludes halogenated alkanes) is 1. The van der Waals surface area contributed by atoms with E-state index in [1.54, 1.807) is 13.8 Å². The van der Waals surface area contributed by atoms with Crippen LogP contribution in [-0.2, 0) is 28.8 Å². The summed E-state index contributed by atoms with van der Waals surface area (Å²) in [6, 6.07) is 0. The smallest absolute Gasteiger partial charge is 0.332 e. The molecular formula is C21H32O12. The van der Waals surface area contributed by atoms with Gasteiger partial charge in [-0.3, -0.25) is 9.59 Å². The molecule has 0 saturated heterocycles. The van der Waals surface area contributed by atoms with Crippen LogP contribution in [0.5, 0.6) is 0 Å². The highest BCUT2D eigenvalue weighted by molar-refractivity contribution is 5.99. The Hall–Kier alpha value is -3.70. The molecule has 12 nitrogen and oxygen atoms in total. The highest BCUT2D eigenvalue weighted by Gasteiger charge is 2.24. The van der Waals surface area contributed by atoms with Gasteiger partial charge >= 0.3 is 35.8 Å². The van der Waals surface area contributed by atoms with E-state index in [0.29, 0.717) is 6.42 Å². The van der Waals surface area contributed by atoms with Gasteiger partial charge in [0.2, 0.25) is 0 Å². The lowest BCUT2D eigenvalue weighted by Crippen LogP contribution is -2.22. The van der Waals surface area contributed by atoms with Crippen LogP contribution in [-0.4, -0.2) is 66.5 Å². The molecule has 0 aromatic rings. The highest BCUT2D eigenvalue weighted by Crippen LogP contribution is 2.12. The molecule has 0 atom stereocenters. The molecule has 0 saturated carbocycles. The van der Waals surface area contributed by atoms with Crippen molar-refractivity contribution >= 4 is 35.8 Å². The van der Waals surface area contributed by atoms with Crippen LogP contribution in [0.2, 0.25) is 0 Å². The van der Waals surface area contributed by atoms with Gasteiger partial charge < -0.3 is 30.6 Å². The molecule has 0 fully saturated rings. The largest absolute Gasteiger partial charge is 0.481 e. The Bertz CT molecular complexity index is 729. The van der Waals surface area contributed by atoms with Crippen molar-refractivity contribution in [3.05, 3.63) is 22.3 Å². The first-order valence-corrected chi connectivity index (χ1v) is 9.88. The minimum Gasteiger partial charge on any atom is -0.481 e. The summed E-state index contributed by atoms with van der Waals surface area (Å²) in [5.74, 6) is -8.39. The summed E-state index contributed by atoms with van der Waals surface area (Å²) in [5, 5.41) is 50.5. The van der Waals surface area contributed by atoms with E-state index in [9.17, 15) is 28.8 Å². The lowest BCUT2D eigenvalue weighted by atomic mass is 10.0. The van der Waals surface area contributed by atoms with E-state index in [4.69, 9.17) is 30.6 Å². The first-order valence-electron chi connectivity index (χ1n) is 9.88. The van der Waals surface area contributed by atoms with E-state index in [0.717, 1.165) is 6.42 Å². The molecular weight excluding hydrogens is 444 g/mol. The minimum atomic E-state index is -1.24. The summed E-state index contributed by atoms with van der Waals surface area (Å²) < 4.78 is 0. The number of rotatable bonds is 11. The Morgan fingerprint density at radius 2 is 0.879 bits per heavy atom. The molecule has 0 rings (SSSR count). The molecule has 0 radical (unpaired) electrons. The fourth-order valence-corrected chi connectivity index (χ4v) is 2.07. The average Bonchev–Trinajstić information content (AvgIpc) is 2.70. The zero-order valence-electron chi connectivity index (χ0n) is 19.2. The Balaban J connectivity index is -0.000000411. The van der Waals surface area contributed by atoms with Crippen LogP contribution in [0.15, 0.2) is 22.3 Å². The number of carboxylic acids is 6. The zero-order valence-corrected chi connectivity index (χ0v) is 19.2. The maximum Gasteiger partial charge on any atom is 0.332 e. The van der Waals surface area contributed by atoms with Crippen molar-refractivity contribution < 1.29 is 59.4 Å². The summed E-state index contributed by atoms with van der Waals surface area (Å²) >= 11 is 0. The van der Waals surface area contributed by atoms with E-state index in [1.165, 1.54) is 13.8 Å². The second-order valence-corrected chi connectivity index (χ2v) is 6.51. The maximum absolute atomic E-state index is 10.5. The molecule has 0 aliphatic heterocycles. The minimum absolute atomic E-state index is 0.00926. The second kappa shape index (κ2) is 17.9. The number of hydrogen-bond acceptors (Lipinski definition) is 6. The van der Waals surface area contributed by atoms with Crippen molar-refractivity contribution in [3.8, 4) is 0 Å². The van der Waals surface area contributed by atoms with Crippen LogP contribution in [0.4, 0.5) is 0 Å². The molecule has 33 heavy (non-hydrogen) atoms. The van der Waals surface area contributed by atoms with E-state index in [2.05, 4.69) is 0 Å². The van der Waals surface area contributed by atoms with E-state index in [1.807, 2.05) is 6.92 Å². The lowest BCUT2D eigenvalue weighted by molar-refractivity contribution is -0.155. The number of carboxylic acid groups (broad SMARTS) is 6. The summed E-state index contributed by atoms with van der Waals surface area (Å²) in [7, 11) is 0. The number of carbonyl (C=O) groups is 6. The highest BCUT2D eigenvalue weighted by atomic mass is 16.4. The zero-order chi connectivity index (χ0) is 26.9. The van der Waals surface area contributed by atoms with Crippen LogP contribution < -0.4 is 0 Å². The molecule has 0 unspecified atom stereocenters. The first kappa shape index (κ1) is 33.9. The Morgan fingerprint density at radius 1 is 0.576 bits per heavy atom. The van der Waals surface area contributed by atoms with Crippen molar-refractivity contribution in [1.82, 2.24) is 0 Å². The van der Waals surface area contributed by atoms with E-state index in [-0.39, 0.29) is 41.6 Å². The molecule has 188 valence electrons. The van der Waals surface area contributed by atoms with Crippen molar-refractivity contribution in [1.29, 1.82) is 0 Å². The van der Waals surface area contributed by atoms with Crippen LogP contribution in [0.1, 0.15) is 66.7 Å². The third-order valence-corrected chi connectivity index (χ3v) is 4.23. The van der Waals surface area contributed by atoms with Gasteiger partial charge in [-0.15, -0.1) is 0 Å². The average molecular weight is 476 g/mol. The van der Waals surface area contributed by atoms with Crippen LogP contribution in [0.25, 0.3) is 0 Å². The molecule has 0 aliphatic rings. The first-order chi connectivity index (χ1) is 15.1. The predicted molar refractivity (Wildman–Crippen MR) is 115 cm³/mol. The van der Waals surface area contributed by atoms with Gasteiger partial charge in [0.25, 0.3) is 0 Å². The quantitative estimate of drug-likeness (QED) is 0.187. The van der Waals surface area contributed by atoms with Gasteiger partial charge in [0, 0.05) is 22.3 Å². The molecule has 0 aliphatic carbocycles. The number of aliphatic carboxylic acids is 6. The molecule has 0 aromatic heterocycles. The predicted octanol–water partition coefficient (Wildman–Crippen LogP) is 2.73. The Labute approximate surface area is 190 Å². The van der Waals surface area contributed by atoms with Gasteiger partial charge in [-0.2, -0.15) is 0 Å². The van der Waals surface area contributed by atoms with E-state index < -0.39 is 41.7 Å². The Morgan fingerprint density at radius 3 is 1.03 bits per heavy atom. The molecule has 0 aromatic carbocycles. The molecule has 0 heterocycles. The molecule has 0 amide bonds. The van der Waals surface area contributed by atoms with Gasteiger partial charge in [0.1, 0.15) is 0 Å². The fraction of sp³-hybridized carbons (Fsp3) is 0.524. The topological polar surface area (TPSA) is 224 Å². The summed E-state index contributed by atoms with van der Waals surface area (Å²) in [6.45, 7) is 7.66. The summed E-state index contributed by atoms with van der Waals surface area (Å²) in [6.07, 6.45) is 2.16. The van der Waals surface area contributed by atoms with Crippen molar-refractivity contribution in [2.75, 3.05) is 0 Å². The van der Waals surface area contributed by atoms with Crippen LogP contribution in [0.3, 0.4) is 0 Å². The molecule has 0 spiro atoms. The van der Waals surface area contributed by atoms with Gasteiger partial charge in [0.15, 0.2) is 5.92 Å². The van der Waals surface area contributed by atoms with Gasteiger partial charge in [0.05, 0.1) is 0 Å². The fourth-order valence-electron chi connectivity index (χ4n) is 2.07. The lowest BCUT2D eigenvalue weighted by Gasteiger charge is -2.04. The van der Waals surface area contributed by atoms with Crippen molar-refractivity contribution in [2.45, 2.75) is 66.7 Å². The SMILES string of the molecule is C/C(C(=O)O)=C(\C)C(=O)O.CC/C(C(=O)O)=C(\CC)C(=O)O.CCCCC(C(=O)O)C(=O)O.